The van der Waals surface area contributed by atoms with Crippen LogP contribution in [0.1, 0.15) is 36.1 Å². The van der Waals surface area contributed by atoms with E-state index in [4.69, 9.17) is 21.7 Å². The summed E-state index contributed by atoms with van der Waals surface area (Å²) in [5.41, 5.74) is 3.09. The molecule has 1 aliphatic heterocycles. The number of amides is 1. The van der Waals surface area contributed by atoms with Gasteiger partial charge in [0.1, 0.15) is 10.9 Å². The van der Waals surface area contributed by atoms with E-state index in [0.717, 1.165) is 16.7 Å². The lowest BCUT2D eigenvalue weighted by molar-refractivity contribution is -0.121. The Balaban J connectivity index is 1.98. The van der Waals surface area contributed by atoms with Crippen molar-refractivity contribution < 1.29 is 14.3 Å². The van der Waals surface area contributed by atoms with Crippen molar-refractivity contribution in [2.75, 3.05) is 13.2 Å². The number of carbonyl (C=O) groups excluding carboxylic acids is 1. The highest BCUT2D eigenvalue weighted by Gasteiger charge is 2.30. The Labute approximate surface area is 198 Å². The summed E-state index contributed by atoms with van der Waals surface area (Å²) in [5, 5.41) is 9.35. The average Bonchev–Trinajstić information content (AvgIpc) is 3.05. The van der Waals surface area contributed by atoms with Crippen LogP contribution in [0.5, 0.6) is 11.5 Å². The number of hydrogen-bond acceptors (Lipinski definition) is 6. The van der Waals surface area contributed by atoms with Crippen molar-refractivity contribution >= 4 is 40.3 Å². The average molecular weight is 465 g/mol. The minimum atomic E-state index is -0.0841. The minimum absolute atomic E-state index is 0.0841. The van der Waals surface area contributed by atoms with Crippen LogP contribution in [0.2, 0.25) is 0 Å². The zero-order chi connectivity index (χ0) is 23.1. The first kappa shape index (κ1) is 23.6. The van der Waals surface area contributed by atoms with Gasteiger partial charge < -0.3 is 9.47 Å². The fourth-order valence-electron chi connectivity index (χ4n) is 3.33. The van der Waals surface area contributed by atoms with Crippen molar-refractivity contribution in [1.82, 2.24) is 4.90 Å². The van der Waals surface area contributed by atoms with Crippen molar-refractivity contribution in [3.8, 4) is 17.6 Å². The van der Waals surface area contributed by atoms with Crippen molar-refractivity contribution in [3.63, 3.8) is 0 Å². The van der Waals surface area contributed by atoms with Crippen LogP contribution in [0.3, 0.4) is 0 Å². The molecule has 0 aliphatic carbocycles. The molecular weight excluding hydrogens is 440 g/mol. The van der Waals surface area contributed by atoms with Crippen molar-refractivity contribution in [2.24, 2.45) is 0 Å². The fourth-order valence-corrected chi connectivity index (χ4v) is 4.71. The molecule has 2 aromatic carbocycles. The molecule has 0 spiro atoms. The topological polar surface area (TPSA) is 62.6 Å². The highest BCUT2D eigenvalue weighted by Crippen LogP contribution is 2.38. The number of rotatable bonds is 9. The van der Waals surface area contributed by atoms with Gasteiger partial charge in [0.15, 0.2) is 11.5 Å². The second-order valence-electron chi connectivity index (χ2n) is 6.92. The normalized spacial score (nSPS) is 14.5. The fraction of sp³-hybridized carbons (Fsp3) is 0.240. The van der Waals surface area contributed by atoms with Gasteiger partial charge in [0.25, 0.3) is 5.91 Å². The Hall–Kier alpha value is -3.08. The minimum Gasteiger partial charge on any atom is -0.490 e. The van der Waals surface area contributed by atoms with E-state index in [-0.39, 0.29) is 12.5 Å². The van der Waals surface area contributed by atoms with E-state index in [9.17, 15) is 10.1 Å². The molecule has 0 bridgehead atoms. The van der Waals surface area contributed by atoms with Gasteiger partial charge in [-0.05, 0) is 50.1 Å². The molecule has 0 saturated carbocycles. The van der Waals surface area contributed by atoms with Gasteiger partial charge in [-0.15, -0.1) is 6.58 Å². The van der Waals surface area contributed by atoms with Gasteiger partial charge in [0.2, 0.25) is 0 Å². The van der Waals surface area contributed by atoms with E-state index in [2.05, 4.69) is 12.6 Å². The third kappa shape index (κ3) is 5.21. The van der Waals surface area contributed by atoms with Crippen LogP contribution in [-0.2, 0) is 17.8 Å². The van der Waals surface area contributed by atoms with Crippen LogP contribution in [0, 0.1) is 11.3 Å². The summed E-state index contributed by atoms with van der Waals surface area (Å²) in [6.45, 7) is 8.91. The second kappa shape index (κ2) is 11.0. The summed E-state index contributed by atoms with van der Waals surface area (Å²) in [5.74, 6) is 1.11. The number of ether oxygens (including phenoxy) is 2. The predicted molar refractivity (Wildman–Crippen MR) is 133 cm³/mol. The van der Waals surface area contributed by atoms with Crippen LogP contribution in [0.15, 0.2) is 54.0 Å². The number of benzene rings is 2. The smallest absolute Gasteiger partial charge is 0.266 e. The number of likely N-dealkylation sites (N-methyl/N-ethyl adjacent to an activating group) is 1. The molecule has 164 valence electrons. The van der Waals surface area contributed by atoms with E-state index in [1.54, 1.807) is 17.0 Å². The molecular formula is C25H24N2O3S2. The molecule has 7 heteroatoms. The molecule has 0 aromatic heterocycles. The first-order valence-corrected chi connectivity index (χ1v) is 11.5. The van der Waals surface area contributed by atoms with Gasteiger partial charge in [-0.3, -0.25) is 9.69 Å². The molecule has 5 nitrogen and oxygen atoms in total. The number of hydrogen-bond donors (Lipinski definition) is 0. The maximum Gasteiger partial charge on any atom is 0.266 e. The molecule has 1 amide bonds. The molecule has 0 atom stereocenters. The van der Waals surface area contributed by atoms with Gasteiger partial charge in [0.05, 0.1) is 23.1 Å². The molecule has 1 fully saturated rings. The van der Waals surface area contributed by atoms with Crippen LogP contribution < -0.4 is 9.47 Å². The molecule has 32 heavy (non-hydrogen) atoms. The largest absolute Gasteiger partial charge is 0.490 e. The molecule has 0 unspecified atom stereocenters. The molecule has 1 heterocycles. The van der Waals surface area contributed by atoms with E-state index >= 15 is 0 Å². The third-order valence-electron chi connectivity index (χ3n) is 4.82. The molecule has 2 aromatic rings. The zero-order valence-corrected chi connectivity index (χ0v) is 19.7. The van der Waals surface area contributed by atoms with Crippen LogP contribution in [0.25, 0.3) is 6.08 Å². The lowest BCUT2D eigenvalue weighted by atomic mass is 10.0. The lowest BCUT2D eigenvalue weighted by Gasteiger charge is -2.17. The van der Waals surface area contributed by atoms with Crippen LogP contribution in [0.4, 0.5) is 0 Å². The lowest BCUT2D eigenvalue weighted by Crippen LogP contribution is -2.27. The first-order chi connectivity index (χ1) is 15.5. The highest BCUT2D eigenvalue weighted by atomic mass is 32.2. The monoisotopic (exact) mass is 464 g/mol. The Morgan fingerprint density at radius 2 is 2.00 bits per heavy atom. The summed E-state index contributed by atoms with van der Waals surface area (Å²) >= 11 is 6.61. The Morgan fingerprint density at radius 3 is 2.66 bits per heavy atom. The molecule has 3 rings (SSSR count). The Kier molecular flexibility index (Phi) is 8.09. The number of nitriles is 1. The number of carbonyl (C=O) groups is 1. The highest BCUT2D eigenvalue weighted by molar-refractivity contribution is 8.26. The summed E-state index contributed by atoms with van der Waals surface area (Å²) in [4.78, 5) is 14.8. The number of allylic oxidation sites excluding steroid dienone is 1. The van der Waals surface area contributed by atoms with E-state index in [1.165, 1.54) is 11.8 Å². The maximum absolute atomic E-state index is 12.6. The van der Waals surface area contributed by atoms with Crippen LogP contribution in [-0.4, -0.2) is 28.3 Å². The van der Waals surface area contributed by atoms with Gasteiger partial charge in [-0.2, -0.15) is 5.26 Å². The Bertz CT molecular complexity index is 1120. The standard InChI is InChI=1S/C25H24N2O3S2/c1-4-9-18-12-17(14-22-24(28)27(5-2)25(31)32-22)13-21(29-6-3)23(18)30-16-20-11-8-7-10-19(20)15-26/h4,7-8,10-14H,1,5-6,9,16H2,2-3H3/b22-14-. The molecule has 1 saturated heterocycles. The predicted octanol–water partition coefficient (Wildman–Crippen LogP) is 5.49. The van der Waals surface area contributed by atoms with E-state index in [0.29, 0.717) is 45.9 Å². The second-order valence-corrected chi connectivity index (χ2v) is 8.59. The van der Waals surface area contributed by atoms with Crippen LogP contribution >= 0.6 is 24.0 Å². The van der Waals surface area contributed by atoms with E-state index < -0.39 is 0 Å². The third-order valence-corrected chi connectivity index (χ3v) is 6.19. The Morgan fingerprint density at radius 1 is 1.22 bits per heavy atom. The molecule has 0 N–H and O–H groups in total. The number of nitrogens with zero attached hydrogens (tertiary/aromatic N) is 2. The van der Waals surface area contributed by atoms with Gasteiger partial charge in [0, 0.05) is 17.7 Å². The number of thioether (sulfide) groups is 1. The molecule has 0 radical (unpaired) electrons. The SMILES string of the molecule is C=CCc1cc(/C=C2\SC(=S)N(CC)C2=O)cc(OCC)c1OCc1ccccc1C#N. The van der Waals surface area contributed by atoms with Crippen molar-refractivity contribution in [1.29, 1.82) is 5.26 Å². The van der Waals surface area contributed by atoms with Gasteiger partial charge in [-0.1, -0.05) is 48.3 Å². The van der Waals surface area contributed by atoms with Crippen molar-refractivity contribution in [3.05, 3.63) is 76.2 Å². The number of thiocarbonyl (C=S) groups is 1. The summed E-state index contributed by atoms with van der Waals surface area (Å²) in [7, 11) is 0. The summed E-state index contributed by atoms with van der Waals surface area (Å²) < 4.78 is 12.6. The summed E-state index contributed by atoms with van der Waals surface area (Å²) in [6.07, 6.45) is 4.19. The summed E-state index contributed by atoms with van der Waals surface area (Å²) in [6, 6.07) is 13.4. The maximum atomic E-state index is 12.6. The van der Waals surface area contributed by atoms with Gasteiger partial charge >= 0.3 is 0 Å². The first-order valence-electron chi connectivity index (χ1n) is 10.3. The van der Waals surface area contributed by atoms with Gasteiger partial charge in [-0.25, -0.2) is 0 Å². The van der Waals surface area contributed by atoms with E-state index in [1.807, 2.05) is 50.3 Å². The molecule has 1 aliphatic rings. The quantitative estimate of drug-likeness (QED) is 0.278. The van der Waals surface area contributed by atoms with Crippen molar-refractivity contribution in [2.45, 2.75) is 26.9 Å². The zero-order valence-electron chi connectivity index (χ0n) is 18.1.